The summed E-state index contributed by atoms with van der Waals surface area (Å²) < 4.78 is 0. The number of hydrogen-bond acceptors (Lipinski definition) is 4. The van der Waals surface area contributed by atoms with Crippen molar-refractivity contribution in [1.29, 1.82) is 0 Å². The molecule has 2 N–H and O–H groups in total. The number of hydrogen-bond donors (Lipinski definition) is 2. The Morgan fingerprint density at radius 1 is 1.33 bits per heavy atom. The Labute approximate surface area is 134 Å². The van der Waals surface area contributed by atoms with E-state index in [2.05, 4.69) is 10.6 Å². The molecule has 2 saturated heterocycles. The fraction of sp³-hybridized carbons (Fsp3) is 0.571. The summed E-state index contributed by atoms with van der Waals surface area (Å²) in [4.78, 5) is 26.9. The second-order valence-electron chi connectivity index (χ2n) is 5.34. The van der Waals surface area contributed by atoms with Crippen LogP contribution in [0.1, 0.15) is 28.9 Å². The number of carbonyl (C=O) groups is 2. The van der Waals surface area contributed by atoms with Gasteiger partial charge in [-0.05, 0) is 37.3 Å². The van der Waals surface area contributed by atoms with E-state index in [0.29, 0.717) is 17.0 Å². The van der Waals surface area contributed by atoms with E-state index in [9.17, 15) is 9.59 Å². The number of amides is 2. The molecule has 116 valence electrons. The molecule has 5 nitrogen and oxygen atoms in total. The van der Waals surface area contributed by atoms with E-state index in [-0.39, 0.29) is 30.8 Å². The molecule has 0 aliphatic carbocycles. The number of nitrogens with one attached hydrogen (secondary N) is 2. The molecule has 0 saturated carbocycles. The van der Waals surface area contributed by atoms with Crippen molar-refractivity contribution in [3.63, 3.8) is 0 Å². The summed E-state index contributed by atoms with van der Waals surface area (Å²) in [7, 11) is 0. The fourth-order valence-corrected chi connectivity index (χ4v) is 3.77. The van der Waals surface area contributed by atoms with Crippen molar-refractivity contribution in [2.75, 3.05) is 19.6 Å². The van der Waals surface area contributed by atoms with Crippen LogP contribution in [-0.2, 0) is 4.79 Å². The van der Waals surface area contributed by atoms with E-state index >= 15 is 0 Å². The highest BCUT2D eigenvalue weighted by Crippen LogP contribution is 2.27. The minimum Gasteiger partial charge on any atom is -0.342 e. The van der Waals surface area contributed by atoms with E-state index in [1.54, 1.807) is 6.07 Å². The van der Waals surface area contributed by atoms with Crippen LogP contribution in [0.5, 0.6) is 0 Å². The smallest absolute Gasteiger partial charge is 0.261 e. The van der Waals surface area contributed by atoms with Gasteiger partial charge in [-0.1, -0.05) is 6.07 Å². The van der Waals surface area contributed by atoms with Crippen LogP contribution in [0, 0.1) is 0 Å². The number of halogens is 1. The summed E-state index contributed by atoms with van der Waals surface area (Å²) in [5, 5.41) is 7.96. The first-order chi connectivity index (χ1) is 9.75. The standard InChI is InChI=1S/C14H19N3O2S.ClH/c18-13(9-16-14(19)12-2-1-7-20-12)17-10-3-4-11(17)8-15-6-5-10;/h1-2,7,10-11,15H,3-6,8-9H2,(H,16,19);1H. The van der Waals surface area contributed by atoms with Crippen LogP contribution in [-0.4, -0.2) is 48.4 Å². The van der Waals surface area contributed by atoms with Crippen LogP contribution in [0.3, 0.4) is 0 Å². The van der Waals surface area contributed by atoms with Crippen LogP contribution in [0.4, 0.5) is 0 Å². The predicted molar refractivity (Wildman–Crippen MR) is 85.0 cm³/mol. The van der Waals surface area contributed by atoms with Gasteiger partial charge in [0.05, 0.1) is 11.4 Å². The lowest BCUT2D eigenvalue weighted by Gasteiger charge is -2.28. The van der Waals surface area contributed by atoms with Crippen LogP contribution < -0.4 is 10.6 Å². The van der Waals surface area contributed by atoms with E-state index in [0.717, 1.165) is 32.4 Å². The van der Waals surface area contributed by atoms with Gasteiger partial charge in [0.15, 0.2) is 0 Å². The Balaban J connectivity index is 0.00000161. The summed E-state index contributed by atoms with van der Waals surface area (Å²) in [5.74, 6) is -0.111. The molecule has 2 aliphatic heterocycles. The summed E-state index contributed by atoms with van der Waals surface area (Å²) in [6.07, 6.45) is 3.18. The average molecular weight is 330 g/mol. The van der Waals surface area contributed by atoms with Gasteiger partial charge < -0.3 is 15.5 Å². The largest absolute Gasteiger partial charge is 0.342 e. The molecule has 2 bridgehead atoms. The third-order valence-electron chi connectivity index (χ3n) is 4.09. The number of thiophene rings is 1. The van der Waals surface area contributed by atoms with Crippen molar-refractivity contribution < 1.29 is 9.59 Å². The lowest BCUT2D eigenvalue weighted by molar-refractivity contribution is -0.132. The predicted octanol–water partition coefficient (Wildman–Crippen LogP) is 1.25. The number of carbonyl (C=O) groups excluding carboxylic acids is 2. The zero-order chi connectivity index (χ0) is 13.9. The topological polar surface area (TPSA) is 61.4 Å². The molecular formula is C14H20ClN3O2S. The third kappa shape index (κ3) is 3.56. The molecule has 21 heavy (non-hydrogen) atoms. The van der Waals surface area contributed by atoms with Gasteiger partial charge in [-0.25, -0.2) is 0 Å². The van der Waals surface area contributed by atoms with Crippen molar-refractivity contribution in [3.05, 3.63) is 22.4 Å². The zero-order valence-corrected chi connectivity index (χ0v) is 13.3. The Bertz CT molecular complexity index is 480. The molecule has 0 aromatic carbocycles. The fourth-order valence-electron chi connectivity index (χ4n) is 3.13. The van der Waals surface area contributed by atoms with Crippen LogP contribution >= 0.6 is 23.7 Å². The summed E-state index contributed by atoms with van der Waals surface area (Å²) in [6, 6.07) is 4.25. The quantitative estimate of drug-likeness (QED) is 0.877. The molecule has 0 spiro atoms. The Morgan fingerprint density at radius 2 is 2.14 bits per heavy atom. The molecule has 2 atom stereocenters. The lowest BCUT2D eigenvalue weighted by Crippen LogP contribution is -2.47. The van der Waals surface area contributed by atoms with Crippen LogP contribution in [0.2, 0.25) is 0 Å². The van der Waals surface area contributed by atoms with Crippen molar-refractivity contribution in [3.8, 4) is 0 Å². The van der Waals surface area contributed by atoms with Crippen molar-refractivity contribution in [2.24, 2.45) is 0 Å². The van der Waals surface area contributed by atoms with E-state index < -0.39 is 0 Å². The van der Waals surface area contributed by atoms with Gasteiger partial charge in [-0.2, -0.15) is 0 Å². The second kappa shape index (κ2) is 7.24. The zero-order valence-electron chi connectivity index (χ0n) is 11.7. The monoisotopic (exact) mass is 329 g/mol. The van der Waals surface area contributed by atoms with Gasteiger partial charge in [-0.3, -0.25) is 9.59 Å². The van der Waals surface area contributed by atoms with Gasteiger partial charge in [0.2, 0.25) is 5.91 Å². The highest BCUT2D eigenvalue weighted by molar-refractivity contribution is 7.12. The molecule has 3 heterocycles. The van der Waals surface area contributed by atoms with E-state index in [1.165, 1.54) is 11.3 Å². The highest BCUT2D eigenvalue weighted by atomic mass is 35.5. The maximum Gasteiger partial charge on any atom is 0.261 e. The van der Waals surface area contributed by atoms with Crippen molar-refractivity contribution >= 4 is 35.6 Å². The van der Waals surface area contributed by atoms with E-state index in [4.69, 9.17) is 0 Å². The van der Waals surface area contributed by atoms with Crippen LogP contribution in [0.15, 0.2) is 17.5 Å². The Hall–Kier alpha value is -1.11. The lowest BCUT2D eigenvalue weighted by atomic mass is 10.1. The molecule has 2 fully saturated rings. The average Bonchev–Trinajstić information content (AvgIpc) is 3.03. The molecule has 1 aromatic heterocycles. The van der Waals surface area contributed by atoms with E-state index in [1.807, 2.05) is 16.3 Å². The molecule has 1 aromatic rings. The highest BCUT2D eigenvalue weighted by Gasteiger charge is 2.37. The Kier molecular flexibility index (Phi) is 5.61. The first-order valence-electron chi connectivity index (χ1n) is 7.09. The summed E-state index contributed by atoms with van der Waals surface area (Å²) in [5.41, 5.74) is 0. The number of rotatable bonds is 3. The molecule has 7 heteroatoms. The second-order valence-corrected chi connectivity index (χ2v) is 6.29. The number of nitrogens with zero attached hydrogens (tertiary/aromatic N) is 1. The van der Waals surface area contributed by atoms with Crippen molar-refractivity contribution in [2.45, 2.75) is 31.3 Å². The molecule has 2 aliphatic rings. The van der Waals surface area contributed by atoms with Gasteiger partial charge in [0.1, 0.15) is 0 Å². The van der Waals surface area contributed by atoms with Gasteiger partial charge in [0.25, 0.3) is 5.91 Å². The first kappa shape index (κ1) is 16.3. The summed E-state index contributed by atoms with van der Waals surface area (Å²) in [6.45, 7) is 1.96. The number of fused-ring (bicyclic) bond motifs is 2. The first-order valence-corrected chi connectivity index (χ1v) is 7.97. The normalized spacial score (nSPS) is 24.1. The molecular weight excluding hydrogens is 310 g/mol. The molecule has 2 unspecified atom stereocenters. The maximum absolute atomic E-state index is 12.4. The Morgan fingerprint density at radius 3 is 2.90 bits per heavy atom. The SMILES string of the molecule is Cl.O=C(NCC(=O)N1C2CCNCC1CC2)c1cccs1. The minimum absolute atomic E-state index is 0. The summed E-state index contributed by atoms with van der Waals surface area (Å²) >= 11 is 1.39. The van der Waals surface area contributed by atoms with Crippen LogP contribution in [0.25, 0.3) is 0 Å². The maximum atomic E-state index is 12.4. The van der Waals surface area contributed by atoms with Gasteiger partial charge in [0, 0.05) is 18.6 Å². The minimum atomic E-state index is -0.159. The van der Waals surface area contributed by atoms with Gasteiger partial charge >= 0.3 is 0 Å². The van der Waals surface area contributed by atoms with Crippen molar-refractivity contribution in [1.82, 2.24) is 15.5 Å². The van der Waals surface area contributed by atoms with Gasteiger partial charge in [-0.15, -0.1) is 23.7 Å². The molecule has 2 amide bonds. The molecule has 3 rings (SSSR count). The third-order valence-corrected chi connectivity index (χ3v) is 4.96. The molecule has 0 radical (unpaired) electrons.